The lowest BCUT2D eigenvalue weighted by Gasteiger charge is -2.09. The molecule has 0 spiro atoms. The van der Waals surface area contributed by atoms with Gasteiger partial charge < -0.3 is 9.67 Å². The maximum Gasteiger partial charge on any atom is 0.341 e. The predicted molar refractivity (Wildman–Crippen MR) is 81.7 cm³/mol. The molecule has 0 unspecified atom stereocenters. The number of nitrogens with zero attached hydrogens (tertiary/aromatic N) is 3. The molecule has 0 bridgehead atoms. The smallest absolute Gasteiger partial charge is 0.341 e. The Morgan fingerprint density at radius 3 is 2.71 bits per heavy atom. The lowest BCUT2D eigenvalue weighted by molar-refractivity contribution is 0.0694. The third kappa shape index (κ3) is 2.92. The van der Waals surface area contributed by atoms with E-state index in [9.17, 15) is 9.59 Å². The average molecular weight is 354 g/mol. The second-order valence-electron chi connectivity index (χ2n) is 4.54. The second-order valence-corrected chi connectivity index (χ2v) is 5.33. The Balaban J connectivity index is 2.48. The molecule has 2 aromatic heterocycles. The van der Waals surface area contributed by atoms with Crippen molar-refractivity contribution in [2.24, 2.45) is 0 Å². The summed E-state index contributed by atoms with van der Waals surface area (Å²) < 4.78 is 4.08. The van der Waals surface area contributed by atoms with Gasteiger partial charge in [-0.2, -0.15) is 5.10 Å². The molecule has 0 radical (unpaired) electrons. The molecule has 2 rings (SSSR count). The number of hydrogen-bond donors (Lipinski definition) is 1. The van der Waals surface area contributed by atoms with Crippen LogP contribution in [0.4, 0.5) is 0 Å². The molecule has 7 heteroatoms. The topological polar surface area (TPSA) is 77.1 Å². The Morgan fingerprint density at radius 2 is 2.14 bits per heavy atom. The summed E-state index contributed by atoms with van der Waals surface area (Å²) in [6.45, 7) is 4.94. The predicted octanol–water partition coefficient (Wildman–Crippen LogP) is 2.14. The third-order valence-corrected chi connectivity index (χ3v) is 4.18. The molecule has 2 heterocycles. The minimum atomic E-state index is -1.22. The second kappa shape index (κ2) is 6.26. The van der Waals surface area contributed by atoms with E-state index in [0.717, 1.165) is 22.3 Å². The number of aryl methyl sites for hydroxylation is 2. The fourth-order valence-corrected chi connectivity index (χ4v) is 2.84. The third-order valence-electron chi connectivity index (χ3n) is 3.26. The molecule has 0 saturated carbocycles. The number of rotatable bonds is 5. The number of pyridine rings is 1. The first-order valence-electron chi connectivity index (χ1n) is 6.66. The maximum atomic E-state index is 12.1. The summed E-state index contributed by atoms with van der Waals surface area (Å²) in [5, 5.41) is 13.5. The molecule has 0 amide bonds. The van der Waals surface area contributed by atoms with Crippen LogP contribution in [0, 0.1) is 0 Å². The maximum absolute atomic E-state index is 12.1. The SMILES string of the molecule is CCc1nn(CC)c(Cn2cccc(C(=O)O)c2=O)c1Br. The fraction of sp³-hybridized carbons (Fsp3) is 0.357. The first-order valence-corrected chi connectivity index (χ1v) is 7.45. The molecule has 0 aliphatic heterocycles. The van der Waals surface area contributed by atoms with E-state index < -0.39 is 11.5 Å². The van der Waals surface area contributed by atoms with Crippen molar-refractivity contribution in [2.75, 3.05) is 0 Å². The fourth-order valence-electron chi connectivity index (χ4n) is 2.15. The quantitative estimate of drug-likeness (QED) is 0.893. The lowest BCUT2D eigenvalue weighted by atomic mass is 10.2. The monoisotopic (exact) mass is 353 g/mol. The van der Waals surface area contributed by atoms with Crippen LogP contribution in [0.15, 0.2) is 27.6 Å². The normalized spacial score (nSPS) is 10.8. The van der Waals surface area contributed by atoms with Crippen molar-refractivity contribution in [2.45, 2.75) is 33.4 Å². The summed E-state index contributed by atoms with van der Waals surface area (Å²) in [6, 6.07) is 2.87. The number of carboxylic acids is 1. The molecular weight excluding hydrogens is 338 g/mol. The first-order chi connectivity index (χ1) is 9.99. The average Bonchev–Trinajstić information content (AvgIpc) is 2.77. The molecular formula is C14H16BrN3O3. The number of aromatic carboxylic acids is 1. The minimum absolute atomic E-state index is 0.230. The van der Waals surface area contributed by atoms with Gasteiger partial charge in [0.05, 0.1) is 22.4 Å². The molecule has 2 aromatic rings. The van der Waals surface area contributed by atoms with E-state index in [0.29, 0.717) is 6.54 Å². The summed E-state index contributed by atoms with van der Waals surface area (Å²) in [7, 11) is 0. The molecule has 112 valence electrons. The highest BCUT2D eigenvalue weighted by Crippen LogP contribution is 2.22. The number of carbonyl (C=O) groups is 1. The van der Waals surface area contributed by atoms with Crippen LogP contribution in [0.3, 0.4) is 0 Å². The largest absolute Gasteiger partial charge is 0.477 e. The van der Waals surface area contributed by atoms with Gasteiger partial charge in [0.25, 0.3) is 5.56 Å². The number of halogens is 1. The highest BCUT2D eigenvalue weighted by molar-refractivity contribution is 9.10. The Kier molecular flexibility index (Phi) is 4.62. The van der Waals surface area contributed by atoms with E-state index >= 15 is 0 Å². The zero-order valence-corrected chi connectivity index (χ0v) is 13.4. The Morgan fingerprint density at radius 1 is 1.43 bits per heavy atom. The Labute approximate surface area is 130 Å². The van der Waals surface area contributed by atoms with E-state index in [1.54, 1.807) is 12.3 Å². The molecule has 21 heavy (non-hydrogen) atoms. The van der Waals surface area contributed by atoms with Crippen molar-refractivity contribution < 1.29 is 9.90 Å². The van der Waals surface area contributed by atoms with Crippen LogP contribution in [-0.2, 0) is 19.5 Å². The van der Waals surface area contributed by atoms with Crippen molar-refractivity contribution >= 4 is 21.9 Å². The summed E-state index contributed by atoms with van der Waals surface area (Å²) in [4.78, 5) is 23.2. The van der Waals surface area contributed by atoms with E-state index in [4.69, 9.17) is 5.11 Å². The van der Waals surface area contributed by atoms with Crippen molar-refractivity contribution in [3.8, 4) is 0 Å². The number of hydrogen-bond acceptors (Lipinski definition) is 3. The van der Waals surface area contributed by atoms with Gasteiger partial charge in [-0.25, -0.2) is 4.79 Å². The summed E-state index contributed by atoms with van der Waals surface area (Å²) in [5.41, 5.74) is 1.04. The highest BCUT2D eigenvalue weighted by atomic mass is 79.9. The summed E-state index contributed by atoms with van der Waals surface area (Å²) in [6.07, 6.45) is 2.37. The van der Waals surface area contributed by atoms with E-state index in [-0.39, 0.29) is 12.1 Å². The highest BCUT2D eigenvalue weighted by Gasteiger charge is 2.16. The molecule has 0 atom stereocenters. The van der Waals surface area contributed by atoms with Crippen molar-refractivity contribution in [1.82, 2.24) is 14.3 Å². The first kappa shape index (κ1) is 15.5. The molecule has 0 aliphatic carbocycles. The van der Waals surface area contributed by atoms with Crippen LogP contribution >= 0.6 is 15.9 Å². The molecule has 0 saturated heterocycles. The van der Waals surface area contributed by atoms with Crippen molar-refractivity contribution in [1.29, 1.82) is 0 Å². The van der Waals surface area contributed by atoms with E-state index in [1.165, 1.54) is 10.6 Å². The standard InChI is InChI=1S/C14H16BrN3O3/c1-3-10-12(15)11(18(4-2)16-10)8-17-7-5-6-9(13(17)19)14(20)21/h5-7H,3-4,8H2,1-2H3,(H,20,21). The summed E-state index contributed by atoms with van der Waals surface area (Å²) >= 11 is 3.52. The van der Waals surface area contributed by atoms with Gasteiger partial charge in [-0.05, 0) is 41.4 Å². The van der Waals surface area contributed by atoms with Gasteiger partial charge in [0.2, 0.25) is 0 Å². The van der Waals surface area contributed by atoms with E-state index in [2.05, 4.69) is 21.0 Å². The molecule has 0 aromatic carbocycles. The Bertz CT molecular complexity index is 734. The van der Waals surface area contributed by atoms with Gasteiger partial charge in [-0.15, -0.1) is 0 Å². The molecule has 1 N–H and O–H groups in total. The zero-order valence-electron chi connectivity index (χ0n) is 11.8. The van der Waals surface area contributed by atoms with Crippen LogP contribution < -0.4 is 5.56 Å². The van der Waals surface area contributed by atoms with Crippen LogP contribution in [-0.4, -0.2) is 25.4 Å². The van der Waals surface area contributed by atoms with Crippen molar-refractivity contribution in [3.63, 3.8) is 0 Å². The van der Waals surface area contributed by atoms with Gasteiger partial charge in [0, 0.05) is 12.7 Å². The van der Waals surface area contributed by atoms with Gasteiger partial charge in [0.1, 0.15) is 5.56 Å². The van der Waals surface area contributed by atoms with E-state index in [1.807, 2.05) is 18.5 Å². The van der Waals surface area contributed by atoms with Crippen LogP contribution in [0.5, 0.6) is 0 Å². The molecule has 0 fully saturated rings. The molecule has 0 aliphatic rings. The van der Waals surface area contributed by atoms with Gasteiger partial charge in [-0.3, -0.25) is 9.48 Å². The van der Waals surface area contributed by atoms with Crippen LogP contribution in [0.1, 0.15) is 35.6 Å². The zero-order chi connectivity index (χ0) is 15.6. The lowest BCUT2D eigenvalue weighted by Crippen LogP contribution is -2.26. The van der Waals surface area contributed by atoms with Crippen LogP contribution in [0.2, 0.25) is 0 Å². The van der Waals surface area contributed by atoms with Crippen molar-refractivity contribution in [3.05, 3.63) is 50.1 Å². The Hall–Kier alpha value is -1.89. The summed E-state index contributed by atoms with van der Waals surface area (Å²) in [5.74, 6) is -1.22. The molecule has 6 nitrogen and oxygen atoms in total. The van der Waals surface area contributed by atoms with Gasteiger partial charge >= 0.3 is 5.97 Å². The number of carboxylic acid groups (broad SMARTS) is 1. The number of aromatic nitrogens is 3. The van der Waals surface area contributed by atoms with Gasteiger partial charge in [-0.1, -0.05) is 6.92 Å². The van der Waals surface area contributed by atoms with Crippen LogP contribution in [0.25, 0.3) is 0 Å². The minimum Gasteiger partial charge on any atom is -0.477 e. The van der Waals surface area contributed by atoms with Gasteiger partial charge in [0.15, 0.2) is 0 Å².